The van der Waals surface area contributed by atoms with E-state index in [0.717, 1.165) is 21.6 Å². The fourth-order valence-corrected chi connectivity index (χ4v) is 1.83. The van der Waals surface area contributed by atoms with Gasteiger partial charge >= 0.3 is 0 Å². The van der Waals surface area contributed by atoms with E-state index in [0.29, 0.717) is 0 Å². The number of nitrogen functional groups attached to an aromatic ring is 1. The first-order valence-corrected chi connectivity index (χ1v) is 4.03. The van der Waals surface area contributed by atoms with Gasteiger partial charge in [-0.3, -0.25) is 0 Å². The average molecular weight is 165 g/mol. The van der Waals surface area contributed by atoms with Gasteiger partial charge in [0.2, 0.25) is 0 Å². The Kier molecular flexibility index (Phi) is 1.29. The van der Waals surface area contributed by atoms with Crippen molar-refractivity contribution in [3.63, 3.8) is 0 Å². The van der Waals surface area contributed by atoms with Crippen LogP contribution < -0.4 is 5.73 Å². The predicted molar refractivity (Wildman–Crippen MR) is 46.6 cm³/mol. The van der Waals surface area contributed by atoms with E-state index in [2.05, 4.69) is 9.36 Å². The standard InChI is InChI=1S/C7H7N3S/c1-4-6-5(8)2-3-9-7(6)11-10-4/h2-3H,1H3,(H2,8,9). The number of aromatic nitrogens is 2. The van der Waals surface area contributed by atoms with Gasteiger partial charge in [-0.05, 0) is 24.5 Å². The molecule has 0 atom stereocenters. The Morgan fingerprint density at radius 3 is 3.09 bits per heavy atom. The second-order valence-corrected chi connectivity index (χ2v) is 3.10. The Balaban J connectivity index is 2.96. The minimum Gasteiger partial charge on any atom is -0.398 e. The summed E-state index contributed by atoms with van der Waals surface area (Å²) in [5.74, 6) is 0. The molecule has 0 aliphatic carbocycles. The summed E-state index contributed by atoms with van der Waals surface area (Å²) >= 11 is 1.39. The van der Waals surface area contributed by atoms with Crippen LogP contribution in [0.3, 0.4) is 0 Å². The Bertz CT molecular complexity index is 393. The molecule has 0 bridgehead atoms. The number of hydrogen-bond donors (Lipinski definition) is 1. The van der Waals surface area contributed by atoms with Gasteiger partial charge in [-0.15, -0.1) is 0 Å². The third-order valence-electron chi connectivity index (χ3n) is 1.58. The van der Waals surface area contributed by atoms with E-state index in [1.807, 2.05) is 6.92 Å². The van der Waals surface area contributed by atoms with Crippen LogP contribution >= 0.6 is 11.5 Å². The normalized spacial score (nSPS) is 10.6. The van der Waals surface area contributed by atoms with E-state index in [4.69, 9.17) is 5.73 Å². The summed E-state index contributed by atoms with van der Waals surface area (Å²) in [7, 11) is 0. The summed E-state index contributed by atoms with van der Waals surface area (Å²) in [5, 5.41) is 0.998. The second kappa shape index (κ2) is 2.17. The van der Waals surface area contributed by atoms with Gasteiger partial charge in [0.25, 0.3) is 0 Å². The quantitative estimate of drug-likeness (QED) is 0.644. The molecule has 2 aromatic rings. The number of hydrogen-bond acceptors (Lipinski definition) is 4. The number of aryl methyl sites for hydroxylation is 1. The molecular weight excluding hydrogens is 158 g/mol. The molecule has 0 spiro atoms. The predicted octanol–water partition coefficient (Wildman–Crippen LogP) is 1.58. The lowest BCUT2D eigenvalue weighted by Crippen LogP contribution is -1.86. The monoisotopic (exact) mass is 165 g/mol. The Morgan fingerprint density at radius 1 is 1.55 bits per heavy atom. The molecule has 0 fully saturated rings. The fraction of sp³-hybridized carbons (Fsp3) is 0.143. The number of nitrogens with two attached hydrogens (primary N) is 1. The zero-order valence-corrected chi connectivity index (χ0v) is 6.85. The second-order valence-electron chi connectivity index (χ2n) is 2.35. The maximum atomic E-state index is 5.73. The lowest BCUT2D eigenvalue weighted by atomic mass is 10.2. The van der Waals surface area contributed by atoms with E-state index in [1.54, 1.807) is 12.3 Å². The molecule has 0 radical (unpaired) electrons. The molecule has 0 aromatic carbocycles. The van der Waals surface area contributed by atoms with Crippen molar-refractivity contribution in [1.82, 2.24) is 9.36 Å². The molecule has 56 valence electrons. The molecule has 2 heterocycles. The van der Waals surface area contributed by atoms with Gasteiger partial charge in [0.05, 0.1) is 11.1 Å². The van der Waals surface area contributed by atoms with Crippen LogP contribution in [0, 0.1) is 6.92 Å². The van der Waals surface area contributed by atoms with Crippen molar-refractivity contribution in [2.45, 2.75) is 6.92 Å². The fourth-order valence-electron chi connectivity index (χ4n) is 1.05. The third-order valence-corrected chi connectivity index (χ3v) is 2.43. The van der Waals surface area contributed by atoms with Crippen molar-refractivity contribution in [3.05, 3.63) is 18.0 Å². The van der Waals surface area contributed by atoms with E-state index in [9.17, 15) is 0 Å². The highest BCUT2D eigenvalue weighted by Gasteiger charge is 2.04. The smallest absolute Gasteiger partial charge is 0.145 e. The highest BCUT2D eigenvalue weighted by Crippen LogP contribution is 2.24. The van der Waals surface area contributed by atoms with Gasteiger partial charge < -0.3 is 5.73 Å². The van der Waals surface area contributed by atoms with Crippen molar-refractivity contribution in [2.75, 3.05) is 5.73 Å². The molecule has 3 nitrogen and oxygen atoms in total. The molecule has 0 aliphatic rings. The van der Waals surface area contributed by atoms with Gasteiger partial charge in [-0.2, -0.15) is 4.37 Å². The number of nitrogens with zero attached hydrogens (tertiary/aromatic N) is 2. The van der Waals surface area contributed by atoms with Gasteiger partial charge in [-0.1, -0.05) is 0 Å². The summed E-state index contributed by atoms with van der Waals surface area (Å²) < 4.78 is 4.16. The molecule has 0 saturated carbocycles. The zero-order valence-electron chi connectivity index (χ0n) is 6.03. The van der Waals surface area contributed by atoms with Crippen LogP contribution in [0.25, 0.3) is 10.2 Å². The van der Waals surface area contributed by atoms with Crippen molar-refractivity contribution in [1.29, 1.82) is 0 Å². The Hall–Kier alpha value is -1.16. The summed E-state index contributed by atoms with van der Waals surface area (Å²) in [4.78, 5) is 5.06. The topological polar surface area (TPSA) is 51.8 Å². The molecule has 0 saturated heterocycles. The van der Waals surface area contributed by atoms with Crippen LogP contribution in [-0.2, 0) is 0 Å². The van der Waals surface area contributed by atoms with Crippen LogP contribution in [0.5, 0.6) is 0 Å². The van der Waals surface area contributed by atoms with Crippen LogP contribution in [0.2, 0.25) is 0 Å². The Morgan fingerprint density at radius 2 is 2.36 bits per heavy atom. The largest absolute Gasteiger partial charge is 0.398 e. The maximum Gasteiger partial charge on any atom is 0.145 e. The number of anilines is 1. The molecule has 2 aromatic heterocycles. The number of pyridine rings is 1. The third kappa shape index (κ3) is 0.867. The van der Waals surface area contributed by atoms with Crippen molar-refractivity contribution >= 4 is 27.4 Å². The summed E-state index contributed by atoms with van der Waals surface area (Å²) in [6, 6.07) is 1.80. The molecule has 11 heavy (non-hydrogen) atoms. The summed E-state index contributed by atoms with van der Waals surface area (Å²) in [6.45, 7) is 1.94. The zero-order chi connectivity index (χ0) is 7.84. The van der Waals surface area contributed by atoms with E-state index in [1.165, 1.54) is 11.5 Å². The van der Waals surface area contributed by atoms with Gasteiger partial charge in [0, 0.05) is 11.9 Å². The number of rotatable bonds is 0. The lowest BCUT2D eigenvalue weighted by Gasteiger charge is -1.93. The minimum atomic E-state index is 0.765. The molecule has 0 amide bonds. The molecule has 0 unspecified atom stereocenters. The maximum absolute atomic E-state index is 5.73. The Labute approximate surface area is 68.0 Å². The van der Waals surface area contributed by atoms with Crippen LogP contribution in [0.4, 0.5) is 5.69 Å². The molecule has 4 heteroatoms. The van der Waals surface area contributed by atoms with Crippen LogP contribution in [-0.4, -0.2) is 9.36 Å². The van der Waals surface area contributed by atoms with Crippen molar-refractivity contribution < 1.29 is 0 Å². The number of fused-ring (bicyclic) bond motifs is 1. The lowest BCUT2D eigenvalue weighted by molar-refractivity contribution is 1.37. The summed E-state index contributed by atoms with van der Waals surface area (Å²) in [5.41, 5.74) is 7.46. The van der Waals surface area contributed by atoms with Crippen molar-refractivity contribution in [2.24, 2.45) is 0 Å². The highest BCUT2D eigenvalue weighted by atomic mass is 32.1. The highest BCUT2D eigenvalue weighted by molar-refractivity contribution is 7.13. The van der Waals surface area contributed by atoms with Crippen LogP contribution in [0.15, 0.2) is 12.3 Å². The SMILES string of the molecule is Cc1nsc2nccc(N)c12. The molecule has 0 aliphatic heterocycles. The first-order valence-electron chi connectivity index (χ1n) is 3.25. The van der Waals surface area contributed by atoms with Crippen LogP contribution in [0.1, 0.15) is 5.69 Å². The van der Waals surface area contributed by atoms with E-state index in [-0.39, 0.29) is 0 Å². The molecule has 2 rings (SSSR count). The van der Waals surface area contributed by atoms with Gasteiger partial charge in [0.1, 0.15) is 4.83 Å². The first kappa shape index (κ1) is 6.54. The summed E-state index contributed by atoms with van der Waals surface area (Å²) in [6.07, 6.45) is 1.70. The van der Waals surface area contributed by atoms with Crippen molar-refractivity contribution in [3.8, 4) is 0 Å². The van der Waals surface area contributed by atoms with E-state index < -0.39 is 0 Å². The minimum absolute atomic E-state index is 0.765. The van der Waals surface area contributed by atoms with E-state index >= 15 is 0 Å². The average Bonchev–Trinajstić information content (AvgIpc) is 2.34. The molecule has 2 N–H and O–H groups in total. The molecular formula is C7H7N3S. The van der Waals surface area contributed by atoms with Gasteiger partial charge in [0.15, 0.2) is 0 Å². The first-order chi connectivity index (χ1) is 5.29. The van der Waals surface area contributed by atoms with Gasteiger partial charge in [-0.25, -0.2) is 4.98 Å².